The van der Waals surface area contributed by atoms with Crippen LogP contribution in [-0.4, -0.2) is 0 Å². The maximum absolute atomic E-state index is 2.37. The third-order valence-electron chi connectivity index (χ3n) is 5.91. The standard InChI is InChI=1S/C26H22/c1-17-8-9-19-15-20(11-10-18(19)14-17)21-12-13-25-23(16-21)22-6-4-5-7-24(22)26(25,2)3/h4-16H,1-3H3. The molecule has 0 nitrogen and oxygen atoms in total. The Bertz CT molecular complexity index is 1160. The largest absolute Gasteiger partial charge is 0.0619 e. The average Bonchev–Trinajstić information content (AvgIpc) is 2.89. The Hall–Kier alpha value is -2.86. The molecule has 4 aromatic rings. The molecule has 126 valence electrons. The molecule has 5 rings (SSSR count). The van der Waals surface area contributed by atoms with Gasteiger partial charge in [-0.3, -0.25) is 0 Å². The number of fused-ring (bicyclic) bond motifs is 4. The smallest absolute Gasteiger partial charge is 0.0158 e. The van der Waals surface area contributed by atoms with Crippen molar-refractivity contribution in [3.63, 3.8) is 0 Å². The first kappa shape index (κ1) is 15.4. The van der Waals surface area contributed by atoms with Gasteiger partial charge in [-0.2, -0.15) is 0 Å². The first-order valence-electron chi connectivity index (χ1n) is 9.29. The summed E-state index contributed by atoms with van der Waals surface area (Å²) in [5.41, 5.74) is 9.58. The Morgan fingerprint density at radius 3 is 2.12 bits per heavy atom. The molecule has 0 heteroatoms. The Kier molecular flexibility index (Phi) is 3.15. The molecule has 0 saturated carbocycles. The fourth-order valence-electron chi connectivity index (χ4n) is 4.44. The van der Waals surface area contributed by atoms with Gasteiger partial charge in [-0.25, -0.2) is 0 Å². The Morgan fingerprint density at radius 1 is 0.577 bits per heavy atom. The number of aryl methyl sites for hydroxylation is 1. The number of hydrogen-bond acceptors (Lipinski definition) is 0. The second-order valence-corrected chi connectivity index (χ2v) is 8.00. The topological polar surface area (TPSA) is 0 Å². The highest BCUT2D eigenvalue weighted by Crippen LogP contribution is 2.49. The predicted molar refractivity (Wildman–Crippen MR) is 112 cm³/mol. The van der Waals surface area contributed by atoms with E-state index in [0.717, 1.165) is 0 Å². The van der Waals surface area contributed by atoms with Gasteiger partial charge in [0.05, 0.1) is 0 Å². The van der Waals surface area contributed by atoms with E-state index in [9.17, 15) is 0 Å². The van der Waals surface area contributed by atoms with Crippen LogP contribution in [0.25, 0.3) is 33.0 Å². The van der Waals surface area contributed by atoms with Crippen molar-refractivity contribution in [3.8, 4) is 22.3 Å². The molecular weight excluding hydrogens is 312 g/mol. The molecular formula is C26H22. The highest BCUT2D eigenvalue weighted by atomic mass is 14.4. The Balaban J connectivity index is 1.69. The second-order valence-electron chi connectivity index (χ2n) is 8.00. The highest BCUT2D eigenvalue weighted by Gasteiger charge is 2.34. The van der Waals surface area contributed by atoms with E-state index in [1.165, 1.54) is 49.7 Å². The predicted octanol–water partition coefficient (Wildman–Crippen LogP) is 7.12. The minimum absolute atomic E-state index is 0.0748. The summed E-state index contributed by atoms with van der Waals surface area (Å²) in [4.78, 5) is 0. The van der Waals surface area contributed by atoms with Gasteiger partial charge in [0.25, 0.3) is 0 Å². The van der Waals surface area contributed by atoms with E-state index in [2.05, 4.69) is 99.6 Å². The van der Waals surface area contributed by atoms with Gasteiger partial charge in [0.2, 0.25) is 0 Å². The molecule has 4 aromatic carbocycles. The lowest BCUT2D eigenvalue weighted by Crippen LogP contribution is -2.14. The van der Waals surface area contributed by atoms with Crippen LogP contribution in [0.4, 0.5) is 0 Å². The summed E-state index contributed by atoms with van der Waals surface area (Å²) in [6.45, 7) is 6.80. The first-order valence-corrected chi connectivity index (χ1v) is 9.29. The van der Waals surface area contributed by atoms with Crippen LogP contribution in [0.15, 0.2) is 78.9 Å². The Labute approximate surface area is 155 Å². The monoisotopic (exact) mass is 334 g/mol. The van der Waals surface area contributed by atoms with Crippen LogP contribution in [0.5, 0.6) is 0 Å². The molecule has 0 spiro atoms. The third-order valence-corrected chi connectivity index (χ3v) is 5.91. The summed E-state index contributed by atoms with van der Waals surface area (Å²) in [6.07, 6.45) is 0. The highest BCUT2D eigenvalue weighted by molar-refractivity contribution is 5.90. The summed E-state index contributed by atoms with van der Waals surface area (Å²) >= 11 is 0. The molecule has 26 heavy (non-hydrogen) atoms. The van der Waals surface area contributed by atoms with Crippen LogP contribution in [-0.2, 0) is 5.41 Å². The summed E-state index contributed by atoms with van der Waals surface area (Å²) < 4.78 is 0. The van der Waals surface area contributed by atoms with Gasteiger partial charge in [-0.1, -0.05) is 86.1 Å². The fraction of sp³-hybridized carbons (Fsp3) is 0.154. The zero-order valence-electron chi connectivity index (χ0n) is 15.5. The number of hydrogen-bond donors (Lipinski definition) is 0. The molecule has 0 N–H and O–H groups in total. The van der Waals surface area contributed by atoms with Crippen LogP contribution in [0.3, 0.4) is 0 Å². The van der Waals surface area contributed by atoms with E-state index >= 15 is 0 Å². The molecule has 0 bridgehead atoms. The molecule has 0 fully saturated rings. The van der Waals surface area contributed by atoms with Crippen molar-refractivity contribution >= 4 is 10.8 Å². The molecule has 0 radical (unpaired) electrons. The van der Waals surface area contributed by atoms with Gasteiger partial charge in [0, 0.05) is 5.41 Å². The Morgan fingerprint density at radius 2 is 1.23 bits per heavy atom. The van der Waals surface area contributed by atoms with E-state index in [4.69, 9.17) is 0 Å². The van der Waals surface area contributed by atoms with Gasteiger partial charge < -0.3 is 0 Å². The van der Waals surface area contributed by atoms with Crippen molar-refractivity contribution in [2.45, 2.75) is 26.2 Å². The van der Waals surface area contributed by atoms with Gasteiger partial charge in [-0.15, -0.1) is 0 Å². The lowest BCUT2D eigenvalue weighted by Gasteiger charge is -2.21. The molecule has 0 amide bonds. The van der Waals surface area contributed by atoms with Crippen LogP contribution in [0.2, 0.25) is 0 Å². The van der Waals surface area contributed by atoms with Crippen molar-refractivity contribution in [2.75, 3.05) is 0 Å². The molecule has 1 aliphatic carbocycles. The molecule has 0 aromatic heterocycles. The molecule has 0 unspecified atom stereocenters. The minimum atomic E-state index is 0.0748. The summed E-state index contributed by atoms with van der Waals surface area (Å²) in [7, 11) is 0. The van der Waals surface area contributed by atoms with Gasteiger partial charge in [0.15, 0.2) is 0 Å². The van der Waals surface area contributed by atoms with E-state index in [1.807, 2.05) is 0 Å². The second kappa shape index (κ2) is 5.32. The quantitative estimate of drug-likeness (QED) is 0.347. The summed E-state index contributed by atoms with van der Waals surface area (Å²) in [6, 6.07) is 29.3. The fourth-order valence-corrected chi connectivity index (χ4v) is 4.44. The zero-order chi connectivity index (χ0) is 17.9. The maximum atomic E-state index is 2.37. The van der Waals surface area contributed by atoms with Crippen molar-refractivity contribution in [2.24, 2.45) is 0 Å². The van der Waals surface area contributed by atoms with Crippen LogP contribution >= 0.6 is 0 Å². The molecule has 1 aliphatic rings. The van der Waals surface area contributed by atoms with E-state index in [0.29, 0.717) is 0 Å². The molecule has 0 aliphatic heterocycles. The lowest BCUT2D eigenvalue weighted by atomic mass is 9.82. The van der Waals surface area contributed by atoms with Crippen LogP contribution in [0, 0.1) is 6.92 Å². The summed E-state index contributed by atoms with van der Waals surface area (Å²) in [5, 5.41) is 2.61. The zero-order valence-corrected chi connectivity index (χ0v) is 15.5. The van der Waals surface area contributed by atoms with Gasteiger partial charge >= 0.3 is 0 Å². The van der Waals surface area contributed by atoms with Crippen molar-refractivity contribution in [1.29, 1.82) is 0 Å². The van der Waals surface area contributed by atoms with Gasteiger partial charge in [-0.05, 0) is 63.2 Å². The van der Waals surface area contributed by atoms with E-state index in [1.54, 1.807) is 0 Å². The minimum Gasteiger partial charge on any atom is -0.0619 e. The van der Waals surface area contributed by atoms with E-state index in [-0.39, 0.29) is 5.41 Å². The SMILES string of the molecule is Cc1ccc2cc(-c3ccc4c(c3)-c3ccccc3C4(C)C)ccc2c1. The van der Waals surface area contributed by atoms with Gasteiger partial charge in [0.1, 0.15) is 0 Å². The van der Waals surface area contributed by atoms with E-state index < -0.39 is 0 Å². The van der Waals surface area contributed by atoms with Crippen molar-refractivity contribution in [1.82, 2.24) is 0 Å². The maximum Gasteiger partial charge on any atom is 0.0158 e. The van der Waals surface area contributed by atoms with Crippen LogP contribution < -0.4 is 0 Å². The number of rotatable bonds is 1. The molecule has 0 heterocycles. The van der Waals surface area contributed by atoms with Crippen molar-refractivity contribution < 1.29 is 0 Å². The number of benzene rings is 4. The molecule has 0 saturated heterocycles. The first-order chi connectivity index (χ1) is 12.5. The average molecular weight is 334 g/mol. The molecule has 0 atom stereocenters. The summed E-state index contributed by atoms with van der Waals surface area (Å²) in [5.74, 6) is 0. The lowest BCUT2D eigenvalue weighted by molar-refractivity contribution is 0.660. The third kappa shape index (κ3) is 2.15. The van der Waals surface area contributed by atoms with Crippen molar-refractivity contribution in [3.05, 3.63) is 95.6 Å². The van der Waals surface area contributed by atoms with Crippen LogP contribution in [0.1, 0.15) is 30.5 Å². The normalized spacial score (nSPS) is 14.3.